The van der Waals surface area contributed by atoms with Crippen molar-refractivity contribution in [1.82, 2.24) is 14.6 Å². The summed E-state index contributed by atoms with van der Waals surface area (Å²) in [5.74, 6) is -0.446. The maximum atomic E-state index is 12.6. The van der Waals surface area contributed by atoms with Crippen LogP contribution in [0.4, 0.5) is 0 Å². The Bertz CT molecular complexity index is 1040. The van der Waals surface area contributed by atoms with Crippen molar-refractivity contribution < 1.29 is 9.90 Å². The van der Waals surface area contributed by atoms with Gasteiger partial charge in [-0.15, -0.1) is 0 Å². The quantitative estimate of drug-likeness (QED) is 0.656. The van der Waals surface area contributed by atoms with Gasteiger partial charge in [-0.05, 0) is 36.3 Å². The molecule has 1 amide bonds. The lowest BCUT2D eigenvalue weighted by Gasteiger charge is -2.20. The molecule has 1 atom stereocenters. The van der Waals surface area contributed by atoms with Crippen LogP contribution < -0.4 is 5.56 Å². The van der Waals surface area contributed by atoms with Crippen LogP contribution in [-0.2, 0) is 11.3 Å². The summed E-state index contributed by atoms with van der Waals surface area (Å²) in [6.45, 7) is 3.95. The second kappa shape index (κ2) is 8.40. The van der Waals surface area contributed by atoms with Crippen LogP contribution in [0.3, 0.4) is 0 Å². The summed E-state index contributed by atoms with van der Waals surface area (Å²) in [6.07, 6.45) is 2.05. The van der Waals surface area contributed by atoms with E-state index < -0.39 is 5.56 Å². The summed E-state index contributed by atoms with van der Waals surface area (Å²) in [5, 5.41) is 16.5. The average molecular weight is 465 g/mol. The van der Waals surface area contributed by atoms with Gasteiger partial charge in [-0.2, -0.15) is 5.10 Å². The Hall–Kier alpha value is -2.26. The fourth-order valence-electron chi connectivity index (χ4n) is 3.24. The minimum atomic E-state index is -0.506. The van der Waals surface area contributed by atoms with E-state index in [2.05, 4.69) is 26.0 Å². The van der Waals surface area contributed by atoms with Crippen molar-refractivity contribution in [3.8, 4) is 5.88 Å². The van der Waals surface area contributed by atoms with E-state index in [4.69, 9.17) is 12.2 Å². The first kappa shape index (κ1) is 20.5. The van der Waals surface area contributed by atoms with Crippen molar-refractivity contribution in [2.24, 2.45) is 5.10 Å². The van der Waals surface area contributed by atoms with Gasteiger partial charge in [0.1, 0.15) is 5.56 Å². The Morgan fingerprint density at radius 1 is 1.39 bits per heavy atom. The van der Waals surface area contributed by atoms with Crippen LogP contribution in [0, 0.1) is 4.77 Å². The number of H-pyrrole nitrogens is 1. The van der Waals surface area contributed by atoms with Gasteiger partial charge in [0.15, 0.2) is 4.77 Å². The number of halogens is 1. The van der Waals surface area contributed by atoms with Crippen molar-refractivity contribution >= 4 is 39.8 Å². The standard InChI is InChI=1S/C19H21BrN4O3S/c1-3-4-9-23-18(27)16(17(26)21-19(23)28)14-10-15(24(22-14)11(2)25)12-5-7-13(20)8-6-12/h5-8,15,27H,3-4,9-10H2,1-2H3,(H,21,26,28). The van der Waals surface area contributed by atoms with Gasteiger partial charge >= 0.3 is 0 Å². The fourth-order valence-corrected chi connectivity index (χ4v) is 3.77. The summed E-state index contributed by atoms with van der Waals surface area (Å²) < 4.78 is 2.60. The van der Waals surface area contributed by atoms with E-state index in [0.717, 1.165) is 22.9 Å². The lowest BCUT2D eigenvalue weighted by atomic mass is 9.99. The highest BCUT2D eigenvalue weighted by atomic mass is 79.9. The van der Waals surface area contributed by atoms with Crippen LogP contribution in [-0.4, -0.2) is 31.3 Å². The molecule has 2 heterocycles. The van der Waals surface area contributed by atoms with Gasteiger partial charge in [-0.3, -0.25) is 19.1 Å². The first-order chi connectivity index (χ1) is 13.3. The van der Waals surface area contributed by atoms with Gasteiger partial charge in [-0.1, -0.05) is 41.4 Å². The van der Waals surface area contributed by atoms with Crippen molar-refractivity contribution in [3.05, 3.63) is 55.0 Å². The molecule has 0 aliphatic carbocycles. The lowest BCUT2D eigenvalue weighted by Crippen LogP contribution is -2.24. The van der Waals surface area contributed by atoms with E-state index >= 15 is 0 Å². The minimum Gasteiger partial charge on any atom is -0.494 e. The smallest absolute Gasteiger partial charge is 0.264 e. The highest BCUT2D eigenvalue weighted by Crippen LogP contribution is 2.34. The highest BCUT2D eigenvalue weighted by molar-refractivity contribution is 9.10. The van der Waals surface area contributed by atoms with Gasteiger partial charge in [0, 0.05) is 24.4 Å². The molecule has 0 saturated carbocycles. The topological polar surface area (TPSA) is 90.7 Å². The summed E-state index contributed by atoms with van der Waals surface area (Å²) in [5.41, 5.74) is 0.818. The van der Waals surface area contributed by atoms with Gasteiger partial charge in [-0.25, -0.2) is 5.01 Å². The molecule has 0 spiro atoms. The van der Waals surface area contributed by atoms with Crippen LogP contribution in [0.5, 0.6) is 5.88 Å². The van der Waals surface area contributed by atoms with Crippen molar-refractivity contribution in [1.29, 1.82) is 0 Å². The second-order valence-electron chi connectivity index (χ2n) is 6.64. The molecule has 9 heteroatoms. The van der Waals surface area contributed by atoms with Crippen LogP contribution in [0.2, 0.25) is 0 Å². The average Bonchev–Trinajstić information content (AvgIpc) is 3.07. The Morgan fingerprint density at radius 2 is 2.07 bits per heavy atom. The number of hydrazone groups is 1. The number of carbonyl (C=O) groups excluding carboxylic acids is 1. The molecule has 1 aliphatic rings. The first-order valence-corrected chi connectivity index (χ1v) is 10.2. The lowest BCUT2D eigenvalue weighted by molar-refractivity contribution is -0.130. The Balaban J connectivity index is 2.05. The molecule has 2 N–H and O–H groups in total. The highest BCUT2D eigenvalue weighted by Gasteiger charge is 2.34. The number of aromatic nitrogens is 2. The Kier molecular flexibility index (Phi) is 6.14. The zero-order valence-corrected chi connectivity index (χ0v) is 18.0. The van der Waals surface area contributed by atoms with Crippen molar-refractivity contribution in [3.63, 3.8) is 0 Å². The molecule has 1 aromatic heterocycles. The number of hydrogen-bond acceptors (Lipinski definition) is 5. The molecular weight excluding hydrogens is 444 g/mol. The zero-order valence-electron chi connectivity index (χ0n) is 15.6. The van der Waals surface area contributed by atoms with Crippen molar-refractivity contribution in [2.75, 3.05) is 0 Å². The third-order valence-electron chi connectivity index (χ3n) is 4.68. The minimum absolute atomic E-state index is 0.0653. The van der Waals surface area contributed by atoms with E-state index in [-0.39, 0.29) is 28.2 Å². The molecule has 1 aromatic carbocycles. The predicted octanol–water partition coefficient (Wildman–Crippen LogP) is 3.87. The van der Waals surface area contributed by atoms with Crippen LogP contribution in [0.1, 0.15) is 50.3 Å². The number of amides is 1. The number of hydrogen-bond donors (Lipinski definition) is 2. The number of nitrogens with zero attached hydrogens (tertiary/aromatic N) is 3. The number of rotatable bonds is 5. The van der Waals surface area contributed by atoms with Crippen LogP contribution in [0.15, 0.2) is 38.6 Å². The van der Waals surface area contributed by atoms with Gasteiger partial charge in [0.25, 0.3) is 5.56 Å². The third-order valence-corrected chi connectivity index (χ3v) is 5.53. The number of aromatic hydroxyl groups is 1. The molecule has 28 heavy (non-hydrogen) atoms. The number of aromatic amines is 1. The van der Waals surface area contributed by atoms with Gasteiger partial charge in [0.2, 0.25) is 11.8 Å². The molecule has 1 aliphatic heterocycles. The molecule has 0 fully saturated rings. The summed E-state index contributed by atoms with van der Waals surface area (Å²) >= 11 is 8.59. The molecular formula is C19H21BrN4O3S. The van der Waals surface area contributed by atoms with E-state index in [1.165, 1.54) is 16.5 Å². The predicted molar refractivity (Wildman–Crippen MR) is 113 cm³/mol. The van der Waals surface area contributed by atoms with Crippen LogP contribution >= 0.6 is 28.1 Å². The SMILES string of the molecule is CCCCn1c(O)c(C2=NN(C(C)=O)C(c3ccc(Br)cc3)C2)c(=O)[nH]c1=S. The molecule has 3 rings (SSSR count). The number of benzene rings is 1. The zero-order chi connectivity index (χ0) is 20.4. The Morgan fingerprint density at radius 3 is 2.68 bits per heavy atom. The molecule has 0 saturated heterocycles. The fraction of sp³-hybridized carbons (Fsp3) is 0.368. The number of nitrogens with one attached hydrogen (secondary N) is 1. The summed E-state index contributed by atoms with van der Waals surface area (Å²) in [6, 6.07) is 7.25. The first-order valence-electron chi connectivity index (χ1n) is 9.02. The maximum Gasteiger partial charge on any atom is 0.264 e. The number of carbonyl (C=O) groups is 1. The molecule has 0 radical (unpaired) electrons. The molecule has 2 aromatic rings. The summed E-state index contributed by atoms with van der Waals surface area (Å²) in [7, 11) is 0. The molecule has 7 nitrogen and oxygen atoms in total. The van der Waals surface area contributed by atoms with Crippen molar-refractivity contribution in [2.45, 2.75) is 45.7 Å². The second-order valence-corrected chi connectivity index (χ2v) is 7.95. The van der Waals surface area contributed by atoms with E-state index in [0.29, 0.717) is 18.7 Å². The maximum absolute atomic E-state index is 12.6. The molecule has 148 valence electrons. The molecule has 1 unspecified atom stereocenters. The van der Waals surface area contributed by atoms with E-state index in [1.54, 1.807) is 0 Å². The van der Waals surface area contributed by atoms with Gasteiger partial charge in [0.05, 0.1) is 11.8 Å². The number of unbranched alkanes of at least 4 members (excludes halogenated alkanes) is 1. The largest absolute Gasteiger partial charge is 0.494 e. The monoisotopic (exact) mass is 464 g/mol. The molecule has 0 bridgehead atoms. The third kappa shape index (κ3) is 3.95. The van der Waals surface area contributed by atoms with E-state index in [9.17, 15) is 14.7 Å². The van der Waals surface area contributed by atoms with Crippen LogP contribution in [0.25, 0.3) is 0 Å². The Labute approximate surface area is 175 Å². The van der Waals surface area contributed by atoms with E-state index in [1.807, 2.05) is 31.2 Å². The summed E-state index contributed by atoms with van der Waals surface area (Å²) in [4.78, 5) is 27.3. The van der Waals surface area contributed by atoms with Gasteiger partial charge < -0.3 is 5.11 Å². The normalized spacial score (nSPS) is 16.3.